The topological polar surface area (TPSA) is 72.8 Å². The van der Waals surface area contributed by atoms with Crippen LogP contribution in [0.5, 0.6) is 11.5 Å². The predicted molar refractivity (Wildman–Crippen MR) is 121 cm³/mol. The Morgan fingerprint density at radius 2 is 1.77 bits per heavy atom. The fraction of sp³-hybridized carbons (Fsp3) is 0.0800. The van der Waals surface area contributed by atoms with Gasteiger partial charge in [0.1, 0.15) is 23.6 Å². The average molecular weight is 411 g/mol. The van der Waals surface area contributed by atoms with Crippen LogP contribution in [0.2, 0.25) is 0 Å². The first-order valence-electron chi connectivity index (χ1n) is 9.77. The van der Waals surface area contributed by atoms with Crippen LogP contribution in [-0.4, -0.2) is 24.2 Å². The second-order valence-corrected chi connectivity index (χ2v) is 6.77. The number of hydrogen-bond donors (Lipinski definition) is 1. The zero-order valence-corrected chi connectivity index (χ0v) is 17.0. The highest BCUT2D eigenvalue weighted by atomic mass is 16.5. The maximum atomic E-state index is 12.2. The number of amides is 1. The fourth-order valence-electron chi connectivity index (χ4n) is 3.02. The van der Waals surface area contributed by atoms with Crippen molar-refractivity contribution in [2.75, 3.05) is 7.11 Å². The highest BCUT2D eigenvalue weighted by Gasteiger charge is 2.06. The van der Waals surface area contributed by atoms with E-state index in [2.05, 4.69) is 15.5 Å². The number of fused-ring (bicyclic) bond motifs is 1. The molecule has 1 aromatic heterocycles. The first-order valence-corrected chi connectivity index (χ1v) is 9.77. The van der Waals surface area contributed by atoms with Crippen LogP contribution in [0.1, 0.15) is 21.6 Å². The van der Waals surface area contributed by atoms with Crippen molar-refractivity contribution in [2.45, 2.75) is 6.61 Å². The molecule has 0 fully saturated rings. The van der Waals surface area contributed by atoms with E-state index in [0.29, 0.717) is 29.4 Å². The van der Waals surface area contributed by atoms with Gasteiger partial charge in [-0.1, -0.05) is 48.5 Å². The van der Waals surface area contributed by atoms with Gasteiger partial charge in [0.05, 0.1) is 19.0 Å². The van der Waals surface area contributed by atoms with Gasteiger partial charge in [0.15, 0.2) is 0 Å². The van der Waals surface area contributed by atoms with Crippen molar-refractivity contribution < 1.29 is 14.3 Å². The minimum atomic E-state index is -0.313. The van der Waals surface area contributed by atoms with E-state index in [1.807, 2.05) is 60.7 Å². The van der Waals surface area contributed by atoms with Gasteiger partial charge in [-0.3, -0.25) is 4.79 Å². The fourth-order valence-corrected chi connectivity index (χ4v) is 3.02. The standard InChI is InChI=1S/C25H21N3O3/c1-30-22-14-11-20(12-15-22)25(29)28-26-16-21-13-10-19-8-5-9-23(24(19)27-21)31-17-18-6-3-2-4-7-18/h2-16H,17H2,1H3,(H,28,29). The van der Waals surface area contributed by atoms with Gasteiger partial charge in [-0.15, -0.1) is 0 Å². The van der Waals surface area contributed by atoms with Crippen LogP contribution < -0.4 is 14.9 Å². The highest BCUT2D eigenvalue weighted by molar-refractivity contribution is 5.95. The van der Waals surface area contributed by atoms with Crippen LogP contribution in [-0.2, 0) is 6.61 Å². The van der Waals surface area contributed by atoms with Crippen molar-refractivity contribution in [2.24, 2.45) is 5.10 Å². The average Bonchev–Trinajstić information content (AvgIpc) is 2.83. The summed E-state index contributed by atoms with van der Waals surface area (Å²) in [6.07, 6.45) is 1.51. The lowest BCUT2D eigenvalue weighted by Gasteiger charge is -2.09. The number of para-hydroxylation sites is 1. The maximum absolute atomic E-state index is 12.2. The summed E-state index contributed by atoms with van der Waals surface area (Å²) >= 11 is 0. The van der Waals surface area contributed by atoms with Gasteiger partial charge in [-0.25, -0.2) is 10.4 Å². The molecule has 1 heterocycles. The van der Waals surface area contributed by atoms with E-state index in [0.717, 1.165) is 16.5 Å². The van der Waals surface area contributed by atoms with Crippen LogP contribution in [0.15, 0.2) is 90.0 Å². The largest absolute Gasteiger partial charge is 0.497 e. The quantitative estimate of drug-likeness (QED) is 0.357. The molecule has 0 aliphatic rings. The number of hydrogen-bond acceptors (Lipinski definition) is 5. The monoisotopic (exact) mass is 411 g/mol. The van der Waals surface area contributed by atoms with E-state index >= 15 is 0 Å². The van der Waals surface area contributed by atoms with Crippen molar-refractivity contribution in [1.82, 2.24) is 10.4 Å². The third kappa shape index (κ3) is 5.05. The van der Waals surface area contributed by atoms with E-state index in [1.165, 1.54) is 6.21 Å². The van der Waals surface area contributed by atoms with Crippen molar-refractivity contribution in [3.63, 3.8) is 0 Å². The Hall–Kier alpha value is -4.19. The molecule has 1 amide bonds. The van der Waals surface area contributed by atoms with E-state index in [-0.39, 0.29) is 5.91 Å². The summed E-state index contributed by atoms with van der Waals surface area (Å²) in [6, 6.07) is 26.4. The molecule has 1 N–H and O–H groups in total. The lowest BCUT2D eigenvalue weighted by molar-refractivity contribution is 0.0955. The smallest absolute Gasteiger partial charge is 0.271 e. The van der Waals surface area contributed by atoms with Crippen LogP contribution >= 0.6 is 0 Å². The molecular formula is C25H21N3O3. The molecule has 0 radical (unpaired) electrons. The third-order valence-corrected chi connectivity index (χ3v) is 4.66. The second-order valence-electron chi connectivity index (χ2n) is 6.77. The maximum Gasteiger partial charge on any atom is 0.271 e. The minimum Gasteiger partial charge on any atom is -0.497 e. The Balaban J connectivity index is 1.46. The summed E-state index contributed by atoms with van der Waals surface area (Å²) in [5.41, 5.74) is 5.43. The molecular weight excluding hydrogens is 390 g/mol. The first-order chi connectivity index (χ1) is 15.2. The Morgan fingerprint density at radius 1 is 0.968 bits per heavy atom. The molecule has 3 aromatic carbocycles. The number of methoxy groups -OCH3 is 1. The van der Waals surface area contributed by atoms with Crippen molar-refractivity contribution in [3.8, 4) is 11.5 Å². The number of carbonyl (C=O) groups excluding carboxylic acids is 1. The van der Waals surface area contributed by atoms with Crippen molar-refractivity contribution in [3.05, 3.63) is 102 Å². The Bertz CT molecular complexity index is 1210. The highest BCUT2D eigenvalue weighted by Crippen LogP contribution is 2.24. The van der Waals surface area contributed by atoms with Crippen LogP contribution in [0.4, 0.5) is 0 Å². The molecule has 154 valence electrons. The lowest BCUT2D eigenvalue weighted by atomic mass is 10.2. The number of pyridine rings is 1. The van der Waals surface area contributed by atoms with Crippen molar-refractivity contribution in [1.29, 1.82) is 0 Å². The summed E-state index contributed by atoms with van der Waals surface area (Å²) < 4.78 is 11.1. The first kappa shape index (κ1) is 20.1. The van der Waals surface area contributed by atoms with Gasteiger partial charge >= 0.3 is 0 Å². The molecule has 31 heavy (non-hydrogen) atoms. The number of rotatable bonds is 7. The molecule has 6 nitrogen and oxygen atoms in total. The Labute approximate surface area is 180 Å². The van der Waals surface area contributed by atoms with Crippen LogP contribution in [0.3, 0.4) is 0 Å². The van der Waals surface area contributed by atoms with Crippen LogP contribution in [0, 0.1) is 0 Å². The normalized spacial score (nSPS) is 10.9. The molecule has 0 atom stereocenters. The second kappa shape index (κ2) is 9.54. The SMILES string of the molecule is COc1ccc(C(=O)NN=Cc2ccc3cccc(OCc4ccccc4)c3n2)cc1. The number of aromatic nitrogens is 1. The van der Waals surface area contributed by atoms with Gasteiger partial charge in [0.2, 0.25) is 0 Å². The molecule has 4 aromatic rings. The molecule has 0 aliphatic heterocycles. The number of benzene rings is 3. The van der Waals surface area contributed by atoms with Crippen LogP contribution in [0.25, 0.3) is 10.9 Å². The van der Waals surface area contributed by atoms with Crippen molar-refractivity contribution >= 4 is 23.0 Å². The molecule has 0 spiro atoms. The predicted octanol–water partition coefficient (Wildman–Crippen LogP) is 4.59. The molecule has 0 saturated heterocycles. The Morgan fingerprint density at radius 3 is 2.55 bits per heavy atom. The zero-order valence-electron chi connectivity index (χ0n) is 17.0. The molecule has 0 unspecified atom stereocenters. The minimum absolute atomic E-state index is 0.313. The van der Waals surface area contributed by atoms with Gasteiger partial charge in [0.25, 0.3) is 5.91 Å². The zero-order chi connectivity index (χ0) is 21.5. The number of nitrogens with one attached hydrogen (secondary N) is 1. The number of carbonyl (C=O) groups is 1. The summed E-state index contributed by atoms with van der Waals surface area (Å²) in [4.78, 5) is 16.9. The van der Waals surface area contributed by atoms with Gasteiger partial charge in [0, 0.05) is 10.9 Å². The molecule has 6 heteroatoms. The van der Waals surface area contributed by atoms with Gasteiger partial charge in [-0.2, -0.15) is 5.10 Å². The molecule has 4 rings (SSSR count). The Kier molecular flexibility index (Phi) is 6.18. The molecule has 0 bridgehead atoms. The van der Waals surface area contributed by atoms with Gasteiger partial charge in [-0.05, 0) is 42.0 Å². The molecule has 0 saturated carbocycles. The number of ether oxygens (including phenoxy) is 2. The molecule has 0 aliphatic carbocycles. The van der Waals surface area contributed by atoms with E-state index < -0.39 is 0 Å². The summed E-state index contributed by atoms with van der Waals surface area (Å²) in [5.74, 6) is 1.07. The third-order valence-electron chi connectivity index (χ3n) is 4.66. The van der Waals surface area contributed by atoms with E-state index in [1.54, 1.807) is 31.4 Å². The van der Waals surface area contributed by atoms with E-state index in [4.69, 9.17) is 9.47 Å². The number of hydrazone groups is 1. The summed E-state index contributed by atoms with van der Waals surface area (Å²) in [6.45, 7) is 0.456. The summed E-state index contributed by atoms with van der Waals surface area (Å²) in [5, 5.41) is 4.99. The van der Waals surface area contributed by atoms with E-state index in [9.17, 15) is 4.79 Å². The van der Waals surface area contributed by atoms with Gasteiger partial charge < -0.3 is 9.47 Å². The number of nitrogens with zero attached hydrogens (tertiary/aromatic N) is 2. The summed E-state index contributed by atoms with van der Waals surface area (Å²) in [7, 11) is 1.58. The lowest BCUT2D eigenvalue weighted by Crippen LogP contribution is -2.17.